The average molecular weight is 306 g/mol. The second-order valence-corrected chi connectivity index (χ2v) is 5.48. The molecule has 0 saturated carbocycles. The summed E-state index contributed by atoms with van der Waals surface area (Å²) in [5.41, 5.74) is 1.03. The molecule has 1 aliphatic heterocycles. The summed E-state index contributed by atoms with van der Waals surface area (Å²) in [5, 5.41) is 5.55. The number of nitrogens with one attached hydrogen (secondary N) is 2. The Morgan fingerprint density at radius 2 is 1.86 bits per heavy atom. The van der Waals surface area contributed by atoms with Gasteiger partial charge in [-0.2, -0.15) is 0 Å². The molecule has 0 unspecified atom stereocenters. The molecular formula is C16H22N2O4. The Morgan fingerprint density at radius 1 is 1.14 bits per heavy atom. The number of carbonyl (C=O) groups is 2. The lowest BCUT2D eigenvalue weighted by Crippen LogP contribution is -2.36. The van der Waals surface area contributed by atoms with Crippen molar-refractivity contribution in [2.24, 2.45) is 5.92 Å². The molecule has 1 aromatic carbocycles. The Hall–Kier alpha value is -2.24. The SMILES string of the molecule is CC(C)C(=O)NCCNC(=O)CCc1ccc2c(c1)OCO2. The molecule has 6 nitrogen and oxygen atoms in total. The van der Waals surface area contributed by atoms with Crippen molar-refractivity contribution in [1.29, 1.82) is 0 Å². The Labute approximate surface area is 130 Å². The molecule has 1 aromatic rings. The first-order valence-corrected chi connectivity index (χ1v) is 7.49. The number of hydrogen-bond donors (Lipinski definition) is 2. The molecule has 0 fully saturated rings. The summed E-state index contributed by atoms with van der Waals surface area (Å²) in [4.78, 5) is 23.1. The lowest BCUT2D eigenvalue weighted by Gasteiger charge is -2.09. The molecule has 0 aromatic heterocycles. The maximum atomic E-state index is 11.7. The van der Waals surface area contributed by atoms with Crippen molar-refractivity contribution in [1.82, 2.24) is 10.6 Å². The van der Waals surface area contributed by atoms with Crippen LogP contribution in [0.25, 0.3) is 0 Å². The van der Waals surface area contributed by atoms with Gasteiger partial charge in [-0.15, -0.1) is 0 Å². The fourth-order valence-corrected chi connectivity index (χ4v) is 2.03. The first-order valence-electron chi connectivity index (χ1n) is 7.49. The van der Waals surface area contributed by atoms with Crippen LogP contribution in [0, 0.1) is 5.92 Å². The van der Waals surface area contributed by atoms with E-state index in [9.17, 15) is 9.59 Å². The highest BCUT2D eigenvalue weighted by molar-refractivity contribution is 5.78. The zero-order valence-corrected chi connectivity index (χ0v) is 13.0. The van der Waals surface area contributed by atoms with Crippen molar-refractivity contribution in [2.45, 2.75) is 26.7 Å². The highest BCUT2D eigenvalue weighted by Gasteiger charge is 2.13. The van der Waals surface area contributed by atoms with Crippen LogP contribution in [0.1, 0.15) is 25.8 Å². The number of fused-ring (bicyclic) bond motifs is 1. The maximum absolute atomic E-state index is 11.7. The normalized spacial score (nSPS) is 12.3. The third-order valence-electron chi connectivity index (χ3n) is 3.35. The zero-order valence-electron chi connectivity index (χ0n) is 13.0. The Bertz CT molecular complexity index is 543. The highest BCUT2D eigenvalue weighted by atomic mass is 16.7. The van der Waals surface area contributed by atoms with Gasteiger partial charge in [-0.1, -0.05) is 19.9 Å². The van der Waals surface area contributed by atoms with Crippen LogP contribution in [-0.2, 0) is 16.0 Å². The van der Waals surface area contributed by atoms with Crippen LogP contribution in [0.4, 0.5) is 0 Å². The van der Waals surface area contributed by atoms with Gasteiger partial charge in [0.1, 0.15) is 0 Å². The van der Waals surface area contributed by atoms with Crippen LogP contribution in [0.3, 0.4) is 0 Å². The highest BCUT2D eigenvalue weighted by Crippen LogP contribution is 2.32. The van der Waals surface area contributed by atoms with E-state index in [0.717, 1.165) is 17.1 Å². The first-order chi connectivity index (χ1) is 10.6. The van der Waals surface area contributed by atoms with E-state index < -0.39 is 0 Å². The number of hydrogen-bond acceptors (Lipinski definition) is 4. The van der Waals surface area contributed by atoms with E-state index >= 15 is 0 Å². The molecule has 2 N–H and O–H groups in total. The van der Waals surface area contributed by atoms with Crippen molar-refractivity contribution < 1.29 is 19.1 Å². The van der Waals surface area contributed by atoms with Crippen molar-refractivity contribution in [2.75, 3.05) is 19.9 Å². The van der Waals surface area contributed by atoms with Crippen LogP contribution >= 0.6 is 0 Å². The topological polar surface area (TPSA) is 76.7 Å². The number of amides is 2. The van der Waals surface area contributed by atoms with Gasteiger partial charge in [0.25, 0.3) is 0 Å². The summed E-state index contributed by atoms with van der Waals surface area (Å²) >= 11 is 0. The minimum atomic E-state index is -0.0401. The van der Waals surface area contributed by atoms with Crippen LogP contribution in [0.2, 0.25) is 0 Å². The van der Waals surface area contributed by atoms with Crippen LogP contribution in [0.5, 0.6) is 11.5 Å². The number of ether oxygens (including phenoxy) is 2. The van der Waals surface area contributed by atoms with E-state index in [-0.39, 0.29) is 24.5 Å². The smallest absolute Gasteiger partial charge is 0.231 e. The molecule has 2 rings (SSSR count). The minimum absolute atomic E-state index is 0.00499. The molecule has 1 aliphatic rings. The molecule has 0 spiro atoms. The summed E-state index contributed by atoms with van der Waals surface area (Å²) in [6.45, 7) is 4.81. The van der Waals surface area contributed by atoms with Crippen LogP contribution in [-0.4, -0.2) is 31.7 Å². The zero-order chi connectivity index (χ0) is 15.9. The van der Waals surface area contributed by atoms with Crippen molar-refractivity contribution in [3.63, 3.8) is 0 Å². The summed E-state index contributed by atoms with van der Waals surface area (Å²) in [6, 6.07) is 5.69. The quantitative estimate of drug-likeness (QED) is 0.743. The monoisotopic (exact) mass is 306 g/mol. The third kappa shape index (κ3) is 4.65. The summed E-state index contributed by atoms with van der Waals surface area (Å²) in [6.07, 6.45) is 1.04. The van der Waals surface area contributed by atoms with Gasteiger partial charge in [0.15, 0.2) is 11.5 Å². The van der Waals surface area contributed by atoms with Crippen molar-refractivity contribution >= 4 is 11.8 Å². The van der Waals surface area contributed by atoms with E-state index in [2.05, 4.69) is 10.6 Å². The molecule has 0 saturated heterocycles. The summed E-state index contributed by atoms with van der Waals surface area (Å²) in [7, 11) is 0. The van der Waals surface area contributed by atoms with Crippen LogP contribution in [0.15, 0.2) is 18.2 Å². The van der Waals surface area contributed by atoms with Gasteiger partial charge in [0.05, 0.1) is 0 Å². The van der Waals surface area contributed by atoms with E-state index in [4.69, 9.17) is 9.47 Å². The predicted molar refractivity (Wildman–Crippen MR) is 81.7 cm³/mol. The van der Waals surface area contributed by atoms with Crippen molar-refractivity contribution in [3.8, 4) is 11.5 Å². The molecule has 120 valence electrons. The van der Waals surface area contributed by atoms with Crippen molar-refractivity contribution in [3.05, 3.63) is 23.8 Å². The van der Waals surface area contributed by atoms with Gasteiger partial charge in [0.2, 0.25) is 18.6 Å². The molecule has 0 aliphatic carbocycles. The van der Waals surface area contributed by atoms with Gasteiger partial charge in [0, 0.05) is 25.4 Å². The second kappa shape index (κ2) is 7.68. The van der Waals surface area contributed by atoms with Gasteiger partial charge < -0.3 is 20.1 Å². The van der Waals surface area contributed by atoms with Crippen LogP contribution < -0.4 is 20.1 Å². The molecule has 1 heterocycles. The van der Waals surface area contributed by atoms with E-state index in [1.54, 1.807) is 0 Å². The average Bonchev–Trinajstić information content (AvgIpc) is 2.96. The minimum Gasteiger partial charge on any atom is -0.454 e. The van der Waals surface area contributed by atoms with E-state index in [0.29, 0.717) is 25.9 Å². The first kappa shape index (κ1) is 16.1. The summed E-state index contributed by atoms with van der Waals surface area (Å²) in [5.74, 6) is 1.40. The summed E-state index contributed by atoms with van der Waals surface area (Å²) < 4.78 is 10.5. The molecule has 0 atom stereocenters. The molecule has 0 radical (unpaired) electrons. The maximum Gasteiger partial charge on any atom is 0.231 e. The second-order valence-electron chi connectivity index (χ2n) is 5.48. The fraction of sp³-hybridized carbons (Fsp3) is 0.500. The number of benzene rings is 1. The number of rotatable bonds is 7. The molecule has 2 amide bonds. The molecular weight excluding hydrogens is 284 g/mol. The predicted octanol–water partition coefficient (Wildman–Crippen LogP) is 1.24. The van der Waals surface area contributed by atoms with Gasteiger partial charge in [-0.25, -0.2) is 0 Å². The largest absolute Gasteiger partial charge is 0.454 e. The van der Waals surface area contributed by atoms with Gasteiger partial charge in [-0.3, -0.25) is 9.59 Å². The third-order valence-corrected chi connectivity index (χ3v) is 3.35. The standard InChI is InChI=1S/C16H22N2O4/c1-11(2)16(20)18-8-7-17-15(19)6-4-12-3-5-13-14(9-12)22-10-21-13/h3,5,9,11H,4,6-8,10H2,1-2H3,(H,17,19)(H,18,20). The number of carbonyl (C=O) groups excluding carboxylic acids is 2. The molecule has 6 heteroatoms. The Morgan fingerprint density at radius 3 is 2.64 bits per heavy atom. The van der Waals surface area contributed by atoms with E-state index in [1.807, 2.05) is 32.0 Å². The fourth-order valence-electron chi connectivity index (χ4n) is 2.03. The number of aryl methyl sites for hydroxylation is 1. The van der Waals surface area contributed by atoms with Gasteiger partial charge in [-0.05, 0) is 24.1 Å². The lowest BCUT2D eigenvalue weighted by molar-refractivity contribution is -0.124. The molecule has 22 heavy (non-hydrogen) atoms. The van der Waals surface area contributed by atoms with Gasteiger partial charge >= 0.3 is 0 Å². The Balaban J connectivity index is 1.64. The van der Waals surface area contributed by atoms with E-state index in [1.165, 1.54) is 0 Å². The molecule has 0 bridgehead atoms. The Kier molecular flexibility index (Phi) is 5.63. The lowest BCUT2D eigenvalue weighted by atomic mass is 10.1.